The highest BCUT2D eigenvalue weighted by atomic mass is 16.5. The van der Waals surface area contributed by atoms with Gasteiger partial charge in [0.1, 0.15) is 6.54 Å². The molecule has 1 amide bonds. The molecule has 1 aromatic carbocycles. The number of amides is 1. The Morgan fingerprint density at radius 3 is 2.42 bits per heavy atom. The molecule has 6 nitrogen and oxygen atoms in total. The zero-order valence-electron chi connectivity index (χ0n) is 10.8. The van der Waals surface area contributed by atoms with Crippen LogP contribution in [0.15, 0.2) is 24.3 Å². The van der Waals surface area contributed by atoms with Crippen molar-refractivity contribution >= 4 is 23.5 Å². The third kappa shape index (κ3) is 4.09. The third-order valence-corrected chi connectivity index (χ3v) is 2.31. The van der Waals surface area contributed by atoms with Gasteiger partial charge in [-0.25, -0.2) is 0 Å². The molecule has 0 aliphatic carbocycles. The minimum absolute atomic E-state index is 0.154. The van der Waals surface area contributed by atoms with Gasteiger partial charge in [0.2, 0.25) is 5.91 Å². The molecule has 0 aliphatic rings. The zero-order chi connectivity index (χ0) is 14.4. The molecule has 0 spiro atoms. The third-order valence-electron chi connectivity index (χ3n) is 2.31. The Kier molecular flexibility index (Phi) is 5.05. The van der Waals surface area contributed by atoms with Crippen molar-refractivity contribution in [2.45, 2.75) is 20.3 Å². The fourth-order valence-electron chi connectivity index (χ4n) is 1.56. The first-order valence-corrected chi connectivity index (χ1v) is 5.75. The number of carbonyl (C=O) groups excluding carboxylic acids is 2. The van der Waals surface area contributed by atoms with Crippen molar-refractivity contribution in [1.82, 2.24) is 0 Å². The van der Waals surface area contributed by atoms with E-state index in [0.29, 0.717) is 0 Å². The van der Waals surface area contributed by atoms with Crippen LogP contribution >= 0.6 is 0 Å². The molecule has 0 unspecified atom stereocenters. The van der Waals surface area contributed by atoms with Gasteiger partial charge in [-0.05, 0) is 12.1 Å². The van der Waals surface area contributed by atoms with Crippen molar-refractivity contribution in [3.05, 3.63) is 24.3 Å². The van der Waals surface area contributed by atoms with Crippen LogP contribution in [0.5, 0.6) is 5.75 Å². The lowest BCUT2D eigenvalue weighted by molar-refractivity contribution is -0.136. The molecule has 0 radical (unpaired) electrons. The van der Waals surface area contributed by atoms with E-state index in [-0.39, 0.29) is 23.8 Å². The Morgan fingerprint density at radius 2 is 1.89 bits per heavy atom. The van der Waals surface area contributed by atoms with E-state index >= 15 is 0 Å². The van der Waals surface area contributed by atoms with Crippen molar-refractivity contribution < 1.29 is 24.2 Å². The monoisotopic (exact) mass is 265 g/mol. The van der Waals surface area contributed by atoms with Gasteiger partial charge in [-0.3, -0.25) is 19.3 Å². The molecule has 19 heavy (non-hydrogen) atoms. The summed E-state index contributed by atoms with van der Waals surface area (Å²) in [6.45, 7) is 2.39. The van der Waals surface area contributed by atoms with Gasteiger partial charge in [0, 0.05) is 13.3 Å². The first-order valence-electron chi connectivity index (χ1n) is 5.75. The summed E-state index contributed by atoms with van der Waals surface area (Å²) in [5, 5.41) is 8.86. The molecule has 0 saturated carbocycles. The maximum Gasteiger partial charge on any atom is 0.323 e. The number of para-hydroxylation sites is 2. The second-order valence-electron chi connectivity index (χ2n) is 3.79. The number of hydrogen-bond donors (Lipinski definition) is 1. The van der Waals surface area contributed by atoms with Gasteiger partial charge >= 0.3 is 11.9 Å². The van der Waals surface area contributed by atoms with Crippen LogP contribution in [0, 0.1) is 0 Å². The fraction of sp³-hybridized carbons (Fsp3) is 0.308. The maximum absolute atomic E-state index is 11.8. The van der Waals surface area contributed by atoms with Crippen LogP contribution in [0.25, 0.3) is 0 Å². The van der Waals surface area contributed by atoms with Crippen molar-refractivity contribution in [2.75, 3.05) is 11.4 Å². The number of carbonyl (C=O) groups is 3. The lowest BCUT2D eigenvalue weighted by atomic mass is 10.2. The van der Waals surface area contributed by atoms with E-state index in [9.17, 15) is 14.4 Å². The molecule has 0 bridgehead atoms. The van der Waals surface area contributed by atoms with Crippen LogP contribution in [0.3, 0.4) is 0 Å². The van der Waals surface area contributed by atoms with Gasteiger partial charge < -0.3 is 9.84 Å². The lowest BCUT2D eigenvalue weighted by Gasteiger charge is -2.22. The van der Waals surface area contributed by atoms with Gasteiger partial charge in [-0.1, -0.05) is 19.1 Å². The van der Waals surface area contributed by atoms with E-state index in [1.54, 1.807) is 19.1 Å². The number of carboxylic acids is 1. The molecule has 102 valence electrons. The Bertz CT molecular complexity index is 498. The van der Waals surface area contributed by atoms with Gasteiger partial charge in [0.05, 0.1) is 5.69 Å². The second-order valence-corrected chi connectivity index (χ2v) is 3.79. The van der Waals surface area contributed by atoms with Crippen LogP contribution in [0.4, 0.5) is 5.69 Å². The standard InChI is InChI=1S/C13H15NO5/c1-3-12(16)14(8-13(17)18)10-6-4-5-7-11(10)19-9(2)15/h4-7H,3,8H2,1-2H3,(H,17,18). The van der Waals surface area contributed by atoms with Crippen LogP contribution in [0.2, 0.25) is 0 Å². The van der Waals surface area contributed by atoms with Crippen molar-refractivity contribution in [2.24, 2.45) is 0 Å². The number of ether oxygens (including phenoxy) is 1. The highest BCUT2D eigenvalue weighted by Gasteiger charge is 2.21. The highest BCUT2D eigenvalue weighted by molar-refractivity contribution is 5.98. The molecule has 0 aromatic heterocycles. The molecular weight excluding hydrogens is 250 g/mol. The first-order chi connectivity index (χ1) is 8.95. The second kappa shape index (κ2) is 6.53. The smallest absolute Gasteiger partial charge is 0.323 e. The topological polar surface area (TPSA) is 83.9 Å². The molecule has 1 N–H and O–H groups in total. The van der Waals surface area contributed by atoms with Crippen molar-refractivity contribution in [3.63, 3.8) is 0 Å². The van der Waals surface area contributed by atoms with Gasteiger partial charge in [-0.2, -0.15) is 0 Å². The predicted molar refractivity (Wildman–Crippen MR) is 68.0 cm³/mol. The summed E-state index contributed by atoms with van der Waals surface area (Å²) >= 11 is 0. The number of hydrogen-bond acceptors (Lipinski definition) is 4. The van der Waals surface area contributed by atoms with Gasteiger partial charge in [0.15, 0.2) is 5.75 Å². The number of rotatable bonds is 5. The summed E-state index contributed by atoms with van der Waals surface area (Å²) in [5.41, 5.74) is 0.270. The predicted octanol–water partition coefficient (Wildman–Crippen LogP) is 1.44. The summed E-state index contributed by atoms with van der Waals surface area (Å²) in [4.78, 5) is 34.7. The van der Waals surface area contributed by atoms with E-state index in [2.05, 4.69) is 0 Å². The number of anilines is 1. The average molecular weight is 265 g/mol. The molecule has 1 aromatic rings. The first kappa shape index (κ1) is 14.7. The van der Waals surface area contributed by atoms with Gasteiger partial charge in [-0.15, -0.1) is 0 Å². The minimum Gasteiger partial charge on any atom is -0.480 e. The molecule has 0 atom stereocenters. The summed E-state index contributed by atoms with van der Waals surface area (Å²) in [7, 11) is 0. The Labute approximate surface area is 110 Å². The van der Waals surface area contributed by atoms with Crippen LogP contribution in [-0.4, -0.2) is 29.5 Å². The van der Waals surface area contributed by atoms with Crippen molar-refractivity contribution in [1.29, 1.82) is 0 Å². The van der Waals surface area contributed by atoms with E-state index in [0.717, 1.165) is 4.90 Å². The quantitative estimate of drug-likeness (QED) is 0.643. The molecule has 0 aliphatic heterocycles. The number of aliphatic carboxylic acids is 1. The summed E-state index contributed by atoms with van der Waals surface area (Å²) in [6.07, 6.45) is 0.154. The summed E-state index contributed by atoms with van der Waals surface area (Å²) < 4.78 is 4.98. The minimum atomic E-state index is -1.14. The molecular formula is C13H15NO5. The van der Waals surface area contributed by atoms with E-state index < -0.39 is 18.5 Å². The average Bonchev–Trinajstić information content (AvgIpc) is 2.35. The summed E-state index contributed by atoms with van der Waals surface area (Å²) in [5.74, 6) is -1.87. The van der Waals surface area contributed by atoms with E-state index in [4.69, 9.17) is 9.84 Å². The summed E-state index contributed by atoms with van der Waals surface area (Å²) in [6, 6.07) is 6.32. The highest BCUT2D eigenvalue weighted by Crippen LogP contribution is 2.28. The van der Waals surface area contributed by atoms with Gasteiger partial charge in [0.25, 0.3) is 0 Å². The van der Waals surface area contributed by atoms with E-state index in [1.807, 2.05) is 0 Å². The number of benzene rings is 1. The lowest BCUT2D eigenvalue weighted by Crippen LogP contribution is -2.35. The van der Waals surface area contributed by atoms with Crippen LogP contribution in [-0.2, 0) is 14.4 Å². The fourth-order valence-corrected chi connectivity index (χ4v) is 1.56. The zero-order valence-corrected chi connectivity index (χ0v) is 10.8. The van der Waals surface area contributed by atoms with Crippen LogP contribution < -0.4 is 9.64 Å². The Hall–Kier alpha value is -2.37. The SMILES string of the molecule is CCC(=O)N(CC(=O)O)c1ccccc1OC(C)=O. The molecule has 0 heterocycles. The molecule has 0 fully saturated rings. The number of carboxylic acid groups (broad SMARTS) is 1. The number of nitrogens with zero attached hydrogens (tertiary/aromatic N) is 1. The van der Waals surface area contributed by atoms with Crippen LogP contribution in [0.1, 0.15) is 20.3 Å². The molecule has 1 rings (SSSR count). The molecule has 6 heteroatoms. The van der Waals surface area contributed by atoms with E-state index in [1.165, 1.54) is 19.1 Å². The Balaban J connectivity index is 3.17. The normalized spacial score (nSPS) is 9.79. The Morgan fingerprint density at radius 1 is 1.26 bits per heavy atom. The molecule has 0 saturated heterocycles. The largest absolute Gasteiger partial charge is 0.480 e. The maximum atomic E-state index is 11.8. The van der Waals surface area contributed by atoms with Crippen molar-refractivity contribution in [3.8, 4) is 5.75 Å². The number of esters is 1.